The van der Waals surface area contributed by atoms with Crippen molar-refractivity contribution in [3.63, 3.8) is 0 Å². The number of aromatic nitrogens is 1. The van der Waals surface area contributed by atoms with Gasteiger partial charge in [0.25, 0.3) is 6.43 Å². The highest BCUT2D eigenvalue weighted by Crippen LogP contribution is 2.18. The Morgan fingerprint density at radius 2 is 1.91 bits per heavy atom. The van der Waals surface area contributed by atoms with E-state index in [0.717, 1.165) is 0 Å². The van der Waals surface area contributed by atoms with E-state index in [1.165, 1.54) is 0 Å². The van der Waals surface area contributed by atoms with Crippen LogP contribution in [-0.2, 0) is 0 Å². The predicted molar refractivity (Wildman–Crippen MR) is 29.1 cm³/mol. The second-order valence-electron chi connectivity index (χ2n) is 1.84. The minimum Gasteiger partial charge on any atom is -0.225 e. The highest BCUT2D eigenvalue weighted by Gasteiger charge is 2.10. The molecule has 0 aliphatic carbocycles. The van der Waals surface area contributed by atoms with Gasteiger partial charge in [-0.05, 0) is 6.07 Å². The average molecular weight is 165 g/mol. The monoisotopic (exact) mass is 165 g/mol. The van der Waals surface area contributed by atoms with Crippen LogP contribution in [0.2, 0.25) is 0 Å². The summed E-state index contributed by atoms with van der Waals surface area (Å²) < 4.78 is 47.7. The molecule has 0 unspecified atom stereocenters. The summed E-state index contributed by atoms with van der Waals surface area (Å²) in [5.41, 5.74) is -0.621. The fraction of sp³-hybridized carbons (Fsp3) is 0.167. The zero-order chi connectivity index (χ0) is 8.43. The smallest absolute Gasteiger partial charge is 0.225 e. The summed E-state index contributed by atoms with van der Waals surface area (Å²) in [6, 6.07) is 0.424. The molecule has 1 nitrogen and oxygen atoms in total. The van der Waals surface area contributed by atoms with Crippen LogP contribution in [0.15, 0.2) is 12.3 Å². The quantitative estimate of drug-likeness (QED) is 0.459. The lowest BCUT2D eigenvalue weighted by molar-refractivity contribution is 0.150. The molecule has 0 saturated carbocycles. The molecule has 0 saturated heterocycles. The summed E-state index contributed by atoms with van der Waals surface area (Å²) in [6.07, 6.45) is -2.22. The average Bonchev–Trinajstić information content (AvgIpc) is 1.94. The third kappa shape index (κ3) is 1.66. The van der Waals surface area contributed by atoms with Crippen LogP contribution >= 0.6 is 0 Å². The normalized spacial score (nSPS) is 10.6. The molecule has 0 bridgehead atoms. The summed E-state index contributed by atoms with van der Waals surface area (Å²) in [7, 11) is 0. The van der Waals surface area contributed by atoms with E-state index in [1.54, 1.807) is 0 Å². The zero-order valence-corrected chi connectivity index (χ0v) is 5.19. The van der Waals surface area contributed by atoms with Gasteiger partial charge in [0.15, 0.2) is 5.82 Å². The summed E-state index contributed by atoms with van der Waals surface area (Å²) in [5, 5.41) is 0. The molecule has 60 valence electrons. The van der Waals surface area contributed by atoms with E-state index in [4.69, 9.17) is 0 Å². The molecule has 0 aliphatic rings. The molecule has 0 radical (unpaired) electrons. The van der Waals surface area contributed by atoms with Crippen molar-refractivity contribution >= 4 is 0 Å². The van der Waals surface area contributed by atoms with Crippen LogP contribution in [0, 0.1) is 11.8 Å². The van der Waals surface area contributed by atoms with Crippen LogP contribution in [0.25, 0.3) is 0 Å². The lowest BCUT2D eigenvalue weighted by Crippen LogP contribution is -1.93. The second kappa shape index (κ2) is 2.86. The maximum Gasteiger partial charge on any atom is 0.265 e. The Kier molecular flexibility index (Phi) is 2.07. The Bertz CT molecular complexity index is 261. The highest BCUT2D eigenvalue weighted by molar-refractivity contribution is 5.11. The molecule has 1 aromatic rings. The van der Waals surface area contributed by atoms with Crippen molar-refractivity contribution in [2.75, 3.05) is 0 Å². The number of halogens is 4. The minimum absolute atomic E-state index is 0.424. The molecule has 1 heterocycles. The molecule has 1 rings (SSSR count). The van der Waals surface area contributed by atoms with Crippen LogP contribution < -0.4 is 0 Å². The zero-order valence-electron chi connectivity index (χ0n) is 5.19. The van der Waals surface area contributed by atoms with Gasteiger partial charge in [-0.3, -0.25) is 0 Å². The number of rotatable bonds is 1. The summed E-state index contributed by atoms with van der Waals surface area (Å²) in [5.74, 6) is -2.72. The Labute approximate surface area is 59.7 Å². The van der Waals surface area contributed by atoms with Crippen molar-refractivity contribution < 1.29 is 17.6 Å². The Balaban J connectivity index is 3.05. The fourth-order valence-electron chi connectivity index (χ4n) is 0.555. The fourth-order valence-corrected chi connectivity index (χ4v) is 0.555. The molecule has 5 heteroatoms. The van der Waals surface area contributed by atoms with Gasteiger partial charge in [-0.2, -0.15) is 4.39 Å². The molecule has 0 aliphatic heterocycles. The Morgan fingerprint density at radius 3 is 2.36 bits per heavy atom. The van der Waals surface area contributed by atoms with E-state index in [0.29, 0.717) is 12.3 Å². The lowest BCUT2D eigenvalue weighted by Gasteiger charge is -1.97. The van der Waals surface area contributed by atoms with Crippen molar-refractivity contribution in [3.8, 4) is 0 Å². The van der Waals surface area contributed by atoms with Crippen molar-refractivity contribution in [3.05, 3.63) is 29.6 Å². The topological polar surface area (TPSA) is 12.9 Å². The molecule has 0 atom stereocenters. The first kappa shape index (κ1) is 7.97. The molecule has 0 fully saturated rings. The van der Waals surface area contributed by atoms with Gasteiger partial charge in [0, 0.05) is 11.8 Å². The van der Waals surface area contributed by atoms with Gasteiger partial charge in [-0.25, -0.2) is 18.2 Å². The lowest BCUT2D eigenvalue weighted by atomic mass is 10.3. The Hall–Kier alpha value is -1.13. The molecule has 11 heavy (non-hydrogen) atoms. The molecular formula is C6H3F4N. The third-order valence-corrected chi connectivity index (χ3v) is 1.07. The van der Waals surface area contributed by atoms with Gasteiger partial charge in [-0.15, -0.1) is 0 Å². The van der Waals surface area contributed by atoms with Crippen molar-refractivity contribution in [1.82, 2.24) is 4.98 Å². The Morgan fingerprint density at radius 1 is 1.27 bits per heavy atom. The van der Waals surface area contributed by atoms with E-state index in [1.807, 2.05) is 0 Å². The maximum absolute atomic E-state index is 12.2. The minimum atomic E-state index is -2.82. The molecule has 1 aromatic heterocycles. The van der Waals surface area contributed by atoms with Gasteiger partial charge in [0.1, 0.15) is 0 Å². The van der Waals surface area contributed by atoms with Crippen molar-refractivity contribution in [1.29, 1.82) is 0 Å². The molecule has 0 N–H and O–H groups in total. The van der Waals surface area contributed by atoms with E-state index in [9.17, 15) is 17.6 Å². The number of nitrogens with zero attached hydrogens (tertiary/aromatic N) is 1. The number of hydrogen-bond donors (Lipinski definition) is 0. The van der Waals surface area contributed by atoms with Crippen LogP contribution in [0.4, 0.5) is 17.6 Å². The third-order valence-electron chi connectivity index (χ3n) is 1.07. The summed E-state index contributed by atoms with van der Waals surface area (Å²) in [6.45, 7) is 0. The molecule has 0 spiro atoms. The van der Waals surface area contributed by atoms with Crippen LogP contribution in [0.3, 0.4) is 0 Å². The molecule has 0 aromatic carbocycles. The van der Waals surface area contributed by atoms with Gasteiger partial charge in [0.05, 0.1) is 0 Å². The van der Waals surface area contributed by atoms with Crippen LogP contribution in [0.1, 0.15) is 12.0 Å². The van der Waals surface area contributed by atoms with E-state index in [2.05, 4.69) is 4.98 Å². The van der Waals surface area contributed by atoms with E-state index >= 15 is 0 Å². The first-order valence-corrected chi connectivity index (χ1v) is 2.70. The number of pyridine rings is 1. The first-order chi connectivity index (χ1) is 5.11. The van der Waals surface area contributed by atoms with Crippen molar-refractivity contribution in [2.45, 2.75) is 6.43 Å². The van der Waals surface area contributed by atoms with Crippen molar-refractivity contribution in [2.24, 2.45) is 0 Å². The molecule has 0 amide bonds. The largest absolute Gasteiger partial charge is 0.265 e. The summed E-state index contributed by atoms with van der Waals surface area (Å²) in [4.78, 5) is 2.78. The summed E-state index contributed by atoms with van der Waals surface area (Å²) >= 11 is 0. The maximum atomic E-state index is 12.2. The van der Waals surface area contributed by atoms with E-state index in [-0.39, 0.29) is 0 Å². The van der Waals surface area contributed by atoms with Gasteiger partial charge in [-0.1, -0.05) is 0 Å². The molecular weight excluding hydrogens is 162 g/mol. The number of alkyl halides is 2. The standard InChI is InChI=1S/C6H3F4N/c7-4-1-3(5(8)9)2-11-6(4)10/h1-2,5H. The highest BCUT2D eigenvalue weighted by atomic mass is 19.3. The predicted octanol–water partition coefficient (Wildman–Crippen LogP) is 2.30. The number of hydrogen-bond acceptors (Lipinski definition) is 1. The van der Waals surface area contributed by atoms with Gasteiger partial charge < -0.3 is 0 Å². The van der Waals surface area contributed by atoms with Crippen LogP contribution in [0.5, 0.6) is 0 Å². The van der Waals surface area contributed by atoms with Gasteiger partial charge in [0.2, 0.25) is 5.95 Å². The van der Waals surface area contributed by atoms with Crippen LogP contribution in [-0.4, -0.2) is 4.98 Å². The first-order valence-electron chi connectivity index (χ1n) is 2.70. The SMILES string of the molecule is Fc1cc(C(F)F)cnc1F. The van der Waals surface area contributed by atoms with Gasteiger partial charge >= 0.3 is 0 Å². The van der Waals surface area contributed by atoms with E-state index < -0.39 is 23.8 Å². The second-order valence-corrected chi connectivity index (χ2v) is 1.84.